The van der Waals surface area contributed by atoms with Crippen LogP contribution in [-0.4, -0.2) is 15.1 Å². The lowest BCUT2D eigenvalue weighted by Gasteiger charge is -2.08. The first-order valence-electron chi connectivity index (χ1n) is 6.14. The third-order valence-corrected chi connectivity index (χ3v) is 2.91. The second-order valence-corrected chi connectivity index (χ2v) is 4.43. The molecule has 0 saturated carbocycles. The summed E-state index contributed by atoms with van der Waals surface area (Å²) in [4.78, 5) is 8.41. The lowest BCUT2D eigenvalue weighted by atomic mass is 10.2. The summed E-state index contributed by atoms with van der Waals surface area (Å²) in [6.07, 6.45) is 3.28. The first kappa shape index (κ1) is 12.3. The SMILES string of the molecule is Oc1cc(F)cc(CNc2ccc3nccnc3c2)c1. The van der Waals surface area contributed by atoms with Crippen LogP contribution in [-0.2, 0) is 6.54 Å². The maximum Gasteiger partial charge on any atom is 0.127 e. The molecule has 0 amide bonds. The minimum atomic E-state index is -0.453. The van der Waals surface area contributed by atoms with Crippen LogP contribution in [0.5, 0.6) is 5.75 Å². The molecular weight excluding hydrogens is 257 g/mol. The van der Waals surface area contributed by atoms with Gasteiger partial charge < -0.3 is 10.4 Å². The number of hydrogen-bond donors (Lipinski definition) is 2. The highest BCUT2D eigenvalue weighted by molar-refractivity contribution is 5.78. The summed E-state index contributed by atoms with van der Waals surface area (Å²) >= 11 is 0. The van der Waals surface area contributed by atoms with Gasteiger partial charge in [-0.05, 0) is 35.9 Å². The van der Waals surface area contributed by atoms with Gasteiger partial charge in [0.15, 0.2) is 0 Å². The number of nitrogens with one attached hydrogen (secondary N) is 1. The maximum absolute atomic E-state index is 13.2. The zero-order valence-electron chi connectivity index (χ0n) is 10.5. The molecule has 1 heterocycles. The molecule has 2 N–H and O–H groups in total. The van der Waals surface area contributed by atoms with E-state index >= 15 is 0 Å². The number of phenolic OH excluding ortho intramolecular Hbond substituents is 1. The summed E-state index contributed by atoms with van der Waals surface area (Å²) in [5.74, 6) is -0.530. The van der Waals surface area contributed by atoms with Gasteiger partial charge in [0.05, 0.1) is 11.0 Å². The van der Waals surface area contributed by atoms with Crippen LogP contribution < -0.4 is 5.32 Å². The molecule has 100 valence electrons. The second-order valence-electron chi connectivity index (χ2n) is 4.43. The Morgan fingerprint density at radius 3 is 2.60 bits per heavy atom. The van der Waals surface area contributed by atoms with Crippen molar-refractivity contribution in [2.75, 3.05) is 5.32 Å². The van der Waals surface area contributed by atoms with Crippen molar-refractivity contribution in [1.29, 1.82) is 0 Å². The van der Waals surface area contributed by atoms with Crippen LogP contribution in [0.2, 0.25) is 0 Å². The zero-order valence-corrected chi connectivity index (χ0v) is 10.5. The van der Waals surface area contributed by atoms with E-state index in [-0.39, 0.29) is 5.75 Å². The Morgan fingerprint density at radius 1 is 1.00 bits per heavy atom. The largest absolute Gasteiger partial charge is 0.508 e. The molecular formula is C15H12FN3O. The van der Waals surface area contributed by atoms with Gasteiger partial charge in [0, 0.05) is 30.7 Å². The van der Waals surface area contributed by atoms with Crippen LogP contribution in [0.25, 0.3) is 11.0 Å². The van der Waals surface area contributed by atoms with Gasteiger partial charge in [0.1, 0.15) is 11.6 Å². The fourth-order valence-electron chi connectivity index (χ4n) is 2.01. The molecule has 0 aliphatic heterocycles. The molecule has 0 unspecified atom stereocenters. The highest BCUT2D eigenvalue weighted by Gasteiger charge is 2.01. The van der Waals surface area contributed by atoms with Crippen molar-refractivity contribution < 1.29 is 9.50 Å². The van der Waals surface area contributed by atoms with E-state index in [9.17, 15) is 9.50 Å². The van der Waals surface area contributed by atoms with Crippen molar-refractivity contribution >= 4 is 16.7 Å². The molecule has 3 rings (SSSR count). The van der Waals surface area contributed by atoms with Crippen LogP contribution in [0, 0.1) is 5.82 Å². The van der Waals surface area contributed by atoms with E-state index in [1.165, 1.54) is 12.1 Å². The highest BCUT2D eigenvalue weighted by Crippen LogP contribution is 2.18. The molecule has 2 aromatic carbocycles. The predicted octanol–water partition coefficient (Wildman–Crippen LogP) is 3.09. The quantitative estimate of drug-likeness (QED) is 0.767. The summed E-state index contributed by atoms with van der Waals surface area (Å²) in [6, 6.07) is 9.62. The van der Waals surface area contributed by atoms with Crippen molar-refractivity contribution in [3.8, 4) is 5.75 Å². The molecule has 0 bridgehead atoms. The standard InChI is InChI=1S/C15H12FN3O/c16-11-5-10(6-13(20)7-11)9-19-12-1-2-14-15(8-12)18-4-3-17-14/h1-8,19-20H,9H2. The van der Waals surface area contributed by atoms with Crippen molar-refractivity contribution in [3.63, 3.8) is 0 Å². The Balaban J connectivity index is 1.79. The van der Waals surface area contributed by atoms with Gasteiger partial charge in [0.25, 0.3) is 0 Å². The fraction of sp³-hybridized carbons (Fsp3) is 0.0667. The molecule has 0 aliphatic carbocycles. The number of aromatic hydroxyl groups is 1. The minimum absolute atomic E-state index is 0.0776. The molecule has 0 spiro atoms. The van der Waals surface area contributed by atoms with Gasteiger partial charge in [-0.1, -0.05) is 0 Å². The van der Waals surface area contributed by atoms with Gasteiger partial charge in [-0.2, -0.15) is 0 Å². The smallest absolute Gasteiger partial charge is 0.127 e. The van der Waals surface area contributed by atoms with Crippen molar-refractivity contribution in [2.24, 2.45) is 0 Å². The summed E-state index contributed by atoms with van der Waals surface area (Å²) < 4.78 is 13.2. The summed E-state index contributed by atoms with van der Waals surface area (Å²) in [7, 11) is 0. The van der Waals surface area contributed by atoms with Crippen LogP contribution in [0.4, 0.5) is 10.1 Å². The number of fused-ring (bicyclic) bond motifs is 1. The fourth-order valence-corrected chi connectivity index (χ4v) is 2.01. The highest BCUT2D eigenvalue weighted by atomic mass is 19.1. The number of aromatic nitrogens is 2. The molecule has 4 nitrogen and oxygen atoms in total. The van der Waals surface area contributed by atoms with Gasteiger partial charge >= 0.3 is 0 Å². The third kappa shape index (κ3) is 2.66. The molecule has 1 aromatic heterocycles. The van der Waals surface area contributed by atoms with Crippen LogP contribution in [0.1, 0.15) is 5.56 Å². The molecule has 0 atom stereocenters. The van der Waals surface area contributed by atoms with Crippen molar-refractivity contribution in [1.82, 2.24) is 9.97 Å². The number of hydrogen-bond acceptors (Lipinski definition) is 4. The molecule has 0 radical (unpaired) electrons. The molecule has 5 heteroatoms. The summed E-state index contributed by atoms with van der Waals surface area (Å²) in [5.41, 5.74) is 3.14. The normalized spacial score (nSPS) is 10.7. The molecule has 3 aromatic rings. The second kappa shape index (κ2) is 5.13. The third-order valence-electron chi connectivity index (χ3n) is 2.91. The predicted molar refractivity (Wildman–Crippen MR) is 74.9 cm³/mol. The monoisotopic (exact) mass is 269 g/mol. The molecule has 0 saturated heterocycles. The lowest BCUT2D eigenvalue weighted by molar-refractivity contribution is 0.468. The topological polar surface area (TPSA) is 58.0 Å². The number of anilines is 1. The molecule has 0 fully saturated rings. The van der Waals surface area contributed by atoms with Crippen LogP contribution in [0.3, 0.4) is 0 Å². The first-order valence-corrected chi connectivity index (χ1v) is 6.14. The van der Waals surface area contributed by atoms with Gasteiger partial charge in [-0.15, -0.1) is 0 Å². The minimum Gasteiger partial charge on any atom is -0.508 e. The Morgan fingerprint density at radius 2 is 1.80 bits per heavy atom. The van der Waals surface area contributed by atoms with Gasteiger partial charge in [-0.3, -0.25) is 9.97 Å². The van der Waals surface area contributed by atoms with Crippen LogP contribution >= 0.6 is 0 Å². The average Bonchev–Trinajstić information content (AvgIpc) is 2.44. The Hall–Kier alpha value is -2.69. The number of rotatable bonds is 3. The van der Waals surface area contributed by atoms with E-state index in [0.29, 0.717) is 12.1 Å². The lowest BCUT2D eigenvalue weighted by Crippen LogP contribution is -2.00. The first-order chi connectivity index (χ1) is 9.70. The Kier molecular flexibility index (Phi) is 3.16. The van der Waals surface area contributed by atoms with E-state index < -0.39 is 5.82 Å². The van der Waals surface area contributed by atoms with E-state index in [4.69, 9.17) is 0 Å². The van der Waals surface area contributed by atoms with E-state index in [1.807, 2.05) is 18.2 Å². The van der Waals surface area contributed by atoms with Crippen LogP contribution in [0.15, 0.2) is 48.8 Å². The van der Waals surface area contributed by atoms with E-state index in [2.05, 4.69) is 15.3 Å². The van der Waals surface area contributed by atoms with Gasteiger partial charge in [0.2, 0.25) is 0 Å². The summed E-state index contributed by atoms with van der Waals surface area (Å²) in [6.45, 7) is 0.414. The van der Waals surface area contributed by atoms with Crippen molar-refractivity contribution in [2.45, 2.75) is 6.54 Å². The number of benzene rings is 2. The molecule has 20 heavy (non-hydrogen) atoms. The average molecular weight is 269 g/mol. The Labute approximate surface area is 114 Å². The number of nitrogens with zero attached hydrogens (tertiary/aromatic N) is 2. The van der Waals surface area contributed by atoms with E-state index in [1.54, 1.807) is 12.4 Å². The van der Waals surface area contributed by atoms with Gasteiger partial charge in [-0.25, -0.2) is 4.39 Å². The maximum atomic E-state index is 13.2. The van der Waals surface area contributed by atoms with E-state index in [0.717, 1.165) is 22.8 Å². The number of phenols is 1. The zero-order chi connectivity index (χ0) is 13.9. The number of halogens is 1. The molecule has 0 aliphatic rings. The summed E-state index contributed by atoms with van der Waals surface area (Å²) in [5, 5.41) is 12.5. The Bertz CT molecular complexity index is 741. The van der Waals surface area contributed by atoms with Crippen molar-refractivity contribution in [3.05, 3.63) is 60.2 Å².